The second-order valence-electron chi connectivity index (χ2n) is 5.68. The zero-order valence-electron chi connectivity index (χ0n) is 11.5. The van der Waals surface area contributed by atoms with Crippen molar-refractivity contribution in [1.29, 1.82) is 0 Å². The summed E-state index contributed by atoms with van der Waals surface area (Å²) in [7, 11) is 0. The highest BCUT2D eigenvalue weighted by molar-refractivity contribution is 5.90. The van der Waals surface area contributed by atoms with E-state index in [1.165, 1.54) is 25.9 Å². The lowest BCUT2D eigenvalue weighted by Gasteiger charge is -2.29. The molecule has 1 fully saturated rings. The van der Waals surface area contributed by atoms with E-state index >= 15 is 0 Å². The molecule has 19 heavy (non-hydrogen) atoms. The highest BCUT2D eigenvalue weighted by Crippen LogP contribution is 2.22. The number of pyridine rings is 1. The van der Waals surface area contributed by atoms with E-state index in [2.05, 4.69) is 11.8 Å². The molecule has 1 saturated heterocycles. The van der Waals surface area contributed by atoms with Gasteiger partial charge in [-0.05, 0) is 44.0 Å². The van der Waals surface area contributed by atoms with Crippen LogP contribution in [0.3, 0.4) is 0 Å². The lowest BCUT2D eigenvalue weighted by Crippen LogP contribution is -2.32. The fourth-order valence-corrected chi connectivity index (χ4v) is 2.79. The van der Waals surface area contributed by atoms with Crippen LogP contribution in [0.1, 0.15) is 25.5 Å². The molecule has 0 unspecified atom stereocenters. The first-order valence-corrected chi connectivity index (χ1v) is 7.09. The van der Waals surface area contributed by atoms with E-state index in [-0.39, 0.29) is 0 Å². The van der Waals surface area contributed by atoms with Crippen LogP contribution in [0.25, 0.3) is 10.9 Å². The normalized spacial score (nSPS) is 17.9. The second-order valence-corrected chi connectivity index (χ2v) is 5.68. The van der Waals surface area contributed by atoms with Crippen molar-refractivity contribution in [2.75, 3.05) is 18.8 Å². The van der Waals surface area contributed by atoms with Gasteiger partial charge < -0.3 is 5.73 Å². The molecule has 100 valence electrons. The van der Waals surface area contributed by atoms with Crippen LogP contribution in [0, 0.1) is 5.92 Å². The number of fused-ring (bicyclic) bond motifs is 1. The molecule has 3 heteroatoms. The second kappa shape index (κ2) is 5.17. The van der Waals surface area contributed by atoms with Crippen LogP contribution < -0.4 is 5.73 Å². The summed E-state index contributed by atoms with van der Waals surface area (Å²) >= 11 is 0. The molecule has 2 N–H and O–H groups in total. The number of nitrogens with zero attached hydrogens (tertiary/aromatic N) is 2. The van der Waals surface area contributed by atoms with Crippen LogP contribution >= 0.6 is 0 Å². The van der Waals surface area contributed by atoms with E-state index in [0.717, 1.165) is 34.7 Å². The van der Waals surface area contributed by atoms with Gasteiger partial charge in [0.2, 0.25) is 0 Å². The molecular weight excluding hydrogens is 234 g/mol. The molecule has 0 bridgehead atoms. The monoisotopic (exact) mass is 255 g/mol. The molecule has 1 aliphatic rings. The molecule has 1 aliphatic heterocycles. The van der Waals surface area contributed by atoms with Gasteiger partial charge in [0.1, 0.15) is 0 Å². The van der Waals surface area contributed by atoms with Crippen molar-refractivity contribution in [1.82, 2.24) is 9.88 Å². The summed E-state index contributed by atoms with van der Waals surface area (Å²) in [6.07, 6.45) is 2.59. The summed E-state index contributed by atoms with van der Waals surface area (Å²) in [6.45, 7) is 5.61. The third kappa shape index (κ3) is 2.71. The smallest absolute Gasteiger partial charge is 0.0726 e. The number of hydrogen-bond donors (Lipinski definition) is 1. The van der Waals surface area contributed by atoms with Gasteiger partial charge in [0.25, 0.3) is 0 Å². The molecule has 1 aromatic carbocycles. The molecular formula is C16H21N3. The fraction of sp³-hybridized carbons (Fsp3) is 0.438. The third-order valence-electron chi connectivity index (χ3n) is 4.06. The van der Waals surface area contributed by atoms with Gasteiger partial charge in [-0.15, -0.1) is 0 Å². The highest BCUT2D eigenvalue weighted by Gasteiger charge is 2.16. The molecule has 0 saturated carbocycles. The Bertz CT molecular complexity index is 571. The van der Waals surface area contributed by atoms with Crippen molar-refractivity contribution < 1.29 is 0 Å². The molecule has 2 aromatic rings. The zero-order chi connectivity index (χ0) is 13.2. The number of nitrogen functional groups attached to an aromatic ring is 1. The number of piperidine rings is 1. The number of likely N-dealkylation sites (tertiary alicyclic amines) is 1. The van der Waals surface area contributed by atoms with E-state index < -0.39 is 0 Å². The molecule has 0 atom stereocenters. The van der Waals surface area contributed by atoms with E-state index in [1.807, 2.05) is 30.3 Å². The van der Waals surface area contributed by atoms with Crippen LogP contribution in [0.2, 0.25) is 0 Å². The van der Waals surface area contributed by atoms with Gasteiger partial charge >= 0.3 is 0 Å². The first-order valence-electron chi connectivity index (χ1n) is 7.09. The first-order chi connectivity index (χ1) is 9.22. The van der Waals surface area contributed by atoms with Gasteiger partial charge in [-0.3, -0.25) is 9.88 Å². The number of nitrogens with two attached hydrogens (primary N) is 1. The van der Waals surface area contributed by atoms with Crippen molar-refractivity contribution in [3.63, 3.8) is 0 Å². The van der Waals surface area contributed by atoms with E-state index in [9.17, 15) is 0 Å². The maximum absolute atomic E-state index is 6.13. The summed E-state index contributed by atoms with van der Waals surface area (Å²) in [5, 5.41) is 1.05. The van der Waals surface area contributed by atoms with Crippen molar-refractivity contribution >= 4 is 16.6 Å². The summed E-state index contributed by atoms with van der Waals surface area (Å²) in [5.41, 5.74) is 9.06. The number of aromatic nitrogens is 1. The number of rotatable bonds is 2. The third-order valence-corrected chi connectivity index (χ3v) is 4.06. The van der Waals surface area contributed by atoms with Crippen molar-refractivity contribution in [3.8, 4) is 0 Å². The Balaban J connectivity index is 1.81. The Labute approximate surface area is 114 Å². The van der Waals surface area contributed by atoms with Gasteiger partial charge in [-0.1, -0.05) is 25.1 Å². The van der Waals surface area contributed by atoms with Gasteiger partial charge in [-0.25, -0.2) is 0 Å². The van der Waals surface area contributed by atoms with Crippen molar-refractivity contribution in [2.24, 2.45) is 5.92 Å². The molecule has 0 aliphatic carbocycles. The Morgan fingerprint density at radius 3 is 2.79 bits per heavy atom. The molecule has 1 aromatic heterocycles. The Hall–Kier alpha value is -1.61. The highest BCUT2D eigenvalue weighted by atomic mass is 15.1. The molecule has 2 heterocycles. The predicted octanol–water partition coefficient (Wildman–Crippen LogP) is 3.05. The quantitative estimate of drug-likeness (QED) is 0.896. The number of anilines is 1. The maximum atomic E-state index is 6.13. The lowest BCUT2D eigenvalue weighted by atomic mass is 9.99. The minimum atomic E-state index is 0.839. The van der Waals surface area contributed by atoms with Crippen LogP contribution in [-0.2, 0) is 6.54 Å². The lowest BCUT2D eigenvalue weighted by molar-refractivity contribution is 0.183. The SMILES string of the molecule is CC1CCN(Cc2cc(N)c3ccccc3n2)CC1. The minimum absolute atomic E-state index is 0.839. The number of para-hydroxylation sites is 1. The van der Waals surface area contributed by atoms with Crippen LogP contribution in [-0.4, -0.2) is 23.0 Å². The predicted molar refractivity (Wildman–Crippen MR) is 79.8 cm³/mol. The van der Waals surface area contributed by atoms with Crippen LogP contribution in [0.15, 0.2) is 30.3 Å². The largest absolute Gasteiger partial charge is 0.398 e. The maximum Gasteiger partial charge on any atom is 0.0726 e. The molecule has 0 spiro atoms. The van der Waals surface area contributed by atoms with E-state index in [4.69, 9.17) is 10.7 Å². The number of benzene rings is 1. The number of hydrogen-bond acceptors (Lipinski definition) is 3. The summed E-state index contributed by atoms with van der Waals surface area (Å²) in [4.78, 5) is 7.21. The molecule has 3 rings (SSSR count). The Morgan fingerprint density at radius 1 is 1.26 bits per heavy atom. The van der Waals surface area contributed by atoms with Crippen LogP contribution in [0.4, 0.5) is 5.69 Å². The molecule has 0 radical (unpaired) electrons. The van der Waals surface area contributed by atoms with Crippen molar-refractivity contribution in [3.05, 3.63) is 36.0 Å². The Morgan fingerprint density at radius 2 is 2.00 bits per heavy atom. The topological polar surface area (TPSA) is 42.1 Å². The van der Waals surface area contributed by atoms with Gasteiger partial charge in [-0.2, -0.15) is 0 Å². The first kappa shape index (κ1) is 12.4. The summed E-state index contributed by atoms with van der Waals surface area (Å²) in [5.74, 6) is 0.867. The van der Waals surface area contributed by atoms with Gasteiger partial charge in [0.15, 0.2) is 0 Å². The summed E-state index contributed by atoms with van der Waals surface area (Å²) in [6, 6.07) is 10.1. The average molecular weight is 255 g/mol. The fourth-order valence-electron chi connectivity index (χ4n) is 2.79. The standard InChI is InChI=1S/C16H21N3/c1-12-6-8-19(9-7-12)11-13-10-15(17)14-4-2-3-5-16(14)18-13/h2-5,10,12H,6-9,11H2,1H3,(H2,17,18). The van der Waals surface area contributed by atoms with Crippen molar-refractivity contribution in [2.45, 2.75) is 26.3 Å². The zero-order valence-corrected chi connectivity index (χ0v) is 11.5. The average Bonchev–Trinajstić information content (AvgIpc) is 2.42. The van der Waals surface area contributed by atoms with Gasteiger partial charge in [0, 0.05) is 17.6 Å². The minimum Gasteiger partial charge on any atom is -0.398 e. The van der Waals surface area contributed by atoms with E-state index in [1.54, 1.807) is 0 Å². The van der Waals surface area contributed by atoms with E-state index in [0.29, 0.717) is 0 Å². The van der Waals surface area contributed by atoms with Gasteiger partial charge in [0.05, 0.1) is 11.2 Å². The van der Waals surface area contributed by atoms with Crippen LogP contribution in [0.5, 0.6) is 0 Å². The Kier molecular flexibility index (Phi) is 3.38. The molecule has 0 amide bonds. The summed E-state index contributed by atoms with van der Waals surface area (Å²) < 4.78 is 0. The molecule has 3 nitrogen and oxygen atoms in total.